The highest BCUT2D eigenvalue weighted by Crippen LogP contribution is 2.28. The van der Waals surface area contributed by atoms with Crippen molar-refractivity contribution in [1.82, 2.24) is 4.98 Å². The highest BCUT2D eigenvalue weighted by molar-refractivity contribution is 6.17. The molecule has 1 rings (SSSR count). The van der Waals surface area contributed by atoms with Gasteiger partial charge in [-0.2, -0.15) is 0 Å². The molecular formula is C9H10ClF2NO. The number of methoxy groups -OCH3 is 1. The van der Waals surface area contributed by atoms with E-state index in [0.29, 0.717) is 11.3 Å². The van der Waals surface area contributed by atoms with E-state index in [-0.39, 0.29) is 17.3 Å². The monoisotopic (exact) mass is 221 g/mol. The molecule has 78 valence electrons. The second kappa shape index (κ2) is 4.55. The maximum atomic E-state index is 12.6. The molecule has 0 spiro atoms. The summed E-state index contributed by atoms with van der Waals surface area (Å²) in [5.74, 6) is 0.217. The number of nitrogens with zero attached hydrogens (tertiary/aromatic N) is 1. The molecule has 0 N–H and O–H groups in total. The summed E-state index contributed by atoms with van der Waals surface area (Å²) < 4.78 is 29.9. The molecule has 0 aromatic carbocycles. The molecule has 0 unspecified atom stereocenters. The van der Waals surface area contributed by atoms with Gasteiger partial charge in [0.2, 0.25) is 5.88 Å². The zero-order chi connectivity index (χ0) is 10.7. The van der Waals surface area contributed by atoms with Gasteiger partial charge in [0.1, 0.15) is 0 Å². The molecule has 1 aromatic rings. The molecule has 0 radical (unpaired) electrons. The summed E-state index contributed by atoms with van der Waals surface area (Å²) in [4.78, 5) is 3.97. The number of alkyl halides is 3. The fourth-order valence-corrected chi connectivity index (χ4v) is 1.51. The number of hydrogen-bond donors (Lipinski definition) is 0. The third-order valence-electron chi connectivity index (χ3n) is 1.92. The zero-order valence-corrected chi connectivity index (χ0v) is 8.61. The van der Waals surface area contributed by atoms with Crippen LogP contribution in [0.5, 0.6) is 5.88 Å². The first-order valence-corrected chi connectivity index (χ1v) is 4.52. The van der Waals surface area contributed by atoms with Crippen molar-refractivity contribution in [3.63, 3.8) is 0 Å². The number of pyridine rings is 1. The molecule has 0 bridgehead atoms. The van der Waals surface area contributed by atoms with Crippen LogP contribution >= 0.6 is 11.6 Å². The van der Waals surface area contributed by atoms with Gasteiger partial charge in [-0.3, -0.25) is 0 Å². The maximum absolute atomic E-state index is 12.6. The smallest absolute Gasteiger partial charge is 0.264 e. The lowest BCUT2D eigenvalue weighted by Gasteiger charge is -2.10. The Morgan fingerprint density at radius 2 is 2.21 bits per heavy atom. The van der Waals surface area contributed by atoms with Crippen molar-refractivity contribution in [3.8, 4) is 5.88 Å². The second-order valence-corrected chi connectivity index (χ2v) is 3.02. The van der Waals surface area contributed by atoms with Crippen molar-refractivity contribution >= 4 is 11.6 Å². The normalized spacial score (nSPS) is 10.7. The van der Waals surface area contributed by atoms with Gasteiger partial charge >= 0.3 is 0 Å². The fourth-order valence-electron chi connectivity index (χ4n) is 1.17. The minimum atomic E-state index is -2.56. The third kappa shape index (κ3) is 2.12. The van der Waals surface area contributed by atoms with Gasteiger partial charge in [-0.15, -0.1) is 11.6 Å². The van der Waals surface area contributed by atoms with Crippen molar-refractivity contribution in [2.45, 2.75) is 19.2 Å². The molecule has 0 atom stereocenters. The predicted octanol–water partition coefficient (Wildman–Crippen LogP) is 3.08. The van der Waals surface area contributed by atoms with E-state index in [4.69, 9.17) is 16.3 Å². The molecular weight excluding hydrogens is 212 g/mol. The molecule has 5 heteroatoms. The molecule has 1 heterocycles. The van der Waals surface area contributed by atoms with Crippen LogP contribution in [-0.4, -0.2) is 12.1 Å². The van der Waals surface area contributed by atoms with Crippen LogP contribution in [0, 0.1) is 6.92 Å². The number of rotatable bonds is 3. The summed E-state index contributed by atoms with van der Waals surface area (Å²) in [6.45, 7) is 1.63. The highest BCUT2D eigenvalue weighted by atomic mass is 35.5. The number of halogens is 3. The molecule has 14 heavy (non-hydrogen) atoms. The quantitative estimate of drug-likeness (QED) is 0.732. The van der Waals surface area contributed by atoms with E-state index < -0.39 is 6.43 Å². The van der Waals surface area contributed by atoms with Crippen LogP contribution in [0.2, 0.25) is 0 Å². The molecule has 2 nitrogen and oxygen atoms in total. The molecule has 0 saturated heterocycles. The van der Waals surface area contributed by atoms with Crippen LogP contribution in [0.15, 0.2) is 6.07 Å². The number of ether oxygens (including phenoxy) is 1. The standard InChI is InChI=1S/C9H10ClF2NO/c1-5-7(4-10)6(9(11)12)3-8(13-5)14-2/h3,9H,4H2,1-2H3. The summed E-state index contributed by atoms with van der Waals surface area (Å²) in [5, 5.41) is 0. The minimum absolute atomic E-state index is 0.0303. The van der Waals surface area contributed by atoms with Gasteiger partial charge < -0.3 is 4.74 Å². The van der Waals surface area contributed by atoms with E-state index >= 15 is 0 Å². The zero-order valence-electron chi connectivity index (χ0n) is 7.85. The van der Waals surface area contributed by atoms with Gasteiger partial charge in [-0.1, -0.05) is 0 Å². The number of aromatic nitrogens is 1. The third-order valence-corrected chi connectivity index (χ3v) is 2.19. The van der Waals surface area contributed by atoms with Crippen molar-refractivity contribution < 1.29 is 13.5 Å². The van der Waals surface area contributed by atoms with Crippen molar-refractivity contribution in [2.24, 2.45) is 0 Å². The summed E-state index contributed by atoms with van der Waals surface area (Å²) in [7, 11) is 1.39. The first kappa shape index (κ1) is 11.2. The molecule has 0 amide bonds. The van der Waals surface area contributed by atoms with Gasteiger partial charge in [-0.05, 0) is 12.5 Å². The molecule has 0 saturated carbocycles. The van der Waals surface area contributed by atoms with Crippen molar-refractivity contribution in [3.05, 3.63) is 22.9 Å². The van der Waals surface area contributed by atoms with Gasteiger partial charge in [-0.25, -0.2) is 13.8 Å². The van der Waals surface area contributed by atoms with E-state index in [1.54, 1.807) is 6.92 Å². The SMILES string of the molecule is COc1cc(C(F)F)c(CCl)c(C)n1. The Balaban J connectivity index is 3.28. The topological polar surface area (TPSA) is 22.1 Å². The summed E-state index contributed by atoms with van der Waals surface area (Å²) in [5.41, 5.74) is 0.751. The fraction of sp³-hybridized carbons (Fsp3) is 0.444. The van der Waals surface area contributed by atoms with Gasteiger partial charge in [0, 0.05) is 23.2 Å². The van der Waals surface area contributed by atoms with Crippen LogP contribution < -0.4 is 4.74 Å². The van der Waals surface area contributed by atoms with Gasteiger partial charge in [0.25, 0.3) is 6.43 Å². The lowest BCUT2D eigenvalue weighted by Crippen LogP contribution is -2.01. The summed E-state index contributed by atoms with van der Waals surface area (Å²) >= 11 is 5.56. The lowest BCUT2D eigenvalue weighted by molar-refractivity contribution is 0.149. The van der Waals surface area contributed by atoms with Gasteiger partial charge in [0.15, 0.2) is 0 Å². The Morgan fingerprint density at radius 3 is 2.64 bits per heavy atom. The van der Waals surface area contributed by atoms with E-state index in [0.717, 1.165) is 0 Å². The Labute approximate surface area is 85.9 Å². The van der Waals surface area contributed by atoms with E-state index in [1.807, 2.05) is 0 Å². The Hall–Kier alpha value is -0.900. The van der Waals surface area contributed by atoms with E-state index in [2.05, 4.69) is 4.98 Å². The van der Waals surface area contributed by atoms with Crippen LogP contribution in [0.1, 0.15) is 23.2 Å². The van der Waals surface area contributed by atoms with Crippen molar-refractivity contribution in [1.29, 1.82) is 0 Å². The largest absolute Gasteiger partial charge is 0.481 e. The number of aryl methyl sites for hydroxylation is 1. The highest BCUT2D eigenvalue weighted by Gasteiger charge is 2.16. The predicted molar refractivity (Wildman–Crippen MR) is 50.0 cm³/mol. The molecule has 0 aliphatic heterocycles. The Kier molecular flexibility index (Phi) is 3.63. The Morgan fingerprint density at radius 1 is 1.57 bits per heavy atom. The van der Waals surface area contributed by atoms with Crippen LogP contribution in [0.3, 0.4) is 0 Å². The first-order valence-electron chi connectivity index (χ1n) is 3.98. The first-order chi connectivity index (χ1) is 6.60. The maximum Gasteiger partial charge on any atom is 0.264 e. The summed E-state index contributed by atoms with van der Waals surface area (Å²) in [6, 6.07) is 1.22. The second-order valence-electron chi connectivity index (χ2n) is 2.75. The minimum Gasteiger partial charge on any atom is -0.481 e. The van der Waals surface area contributed by atoms with E-state index in [1.165, 1.54) is 13.2 Å². The van der Waals surface area contributed by atoms with E-state index in [9.17, 15) is 8.78 Å². The van der Waals surface area contributed by atoms with Gasteiger partial charge in [0.05, 0.1) is 7.11 Å². The Bertz CT molecular complexity index is 331. The average Bonchev–Trinajstić information content (AvgIpc) is 2.16. The molecule has 0 aliphatic rings. The lowest BCUT2D eigenvalue weighted by atomic mass is 10.1. The molecule has 1 aromatic heterocycles. The average molecular weight is 222 g/mol. The van der Waals surface area contributed by atoms with Crippen LogP contribution in [-0.2, 0) is 5.88 Å². The number of hydrogen-bond acceptors (Lipinski definition) is 2. The summed E-state index contributed by atoms with van der Waals surface area (Å²) in [6.07, 6.45) is -2.56. The molecule has 0 fully saturated rings. The van der Waals surface area contributed by atoms with Crippen molar-refractivity contribution in [2.75, 3.05) is 7.11 Å². The van der Waals surface area contributed by atoms with Crippen LogP contribution in [0.25, 0.3) is 0 Å². The molecule has 0 aliphatic carbocycles. The van der Waals surface area contributed by atoms with Crippen LogP contribution in [0.4, 0.5) is 8.78 Å².